The Bertz CT molecular complexity index is 782. The minimum Gasteiger partial charge on any atom is -0.384 e. The first kappa shape index (κ1) is 12.4. The van der Waals surface area contributed by atoms with Crippen LogP contribution in [0.4, 0.5) is 10.9 Å². The van der Waals surface area contributed by atoms with Gasteiger partial charge in [0.15, 0.2) is 11.0 Å². The van der Waals surface area contributed by atoms with Gasteiger partial charge in [-0.05, 0) is 12.1 Å². The van der Waals surface area contributed by atoms with Gasteiger partial charge in [0.25, 0.3) is 0 Å². The number of amides is 1. The molecular weight excluding hydrogens is 276 g/mol. The molecule has 0 aliphatic rings. The van der Waals surface area contributed by atoms with Gasteiger partial charge in [-0.15, -0.1) is 0 Å². The van der Waals surface area contributed by atoms with Crippen molar-refractivity contribution in [2.24, 2.45) is 0 Å². The van der Waals surface area contributed by atoms with Gasteiger partial charge in [0, 0.05) is 18.7 Å². The van der Waals surface area contributed by atoms with Crippen LogP contribution in [-0.4, -0.2) is 25.8 Å². The first-order chi connectivity index (χ1) is 9.61. The Hall–Kier alpha value is -2.61. The third kappa shape index (κ3) is 2.41. The fraction of sp³-hybridized carbons (Fsp3) is 0.0833. The number of carbonyl (C=O) groups is 1. The molecule has 0 saturated heterocycles. The van der Waals surface area contributed by atoms with Crippen LogP contribution in [0, 0.1) is 0 Å². The number of anilines is 2. The number of pyridine rings is 1. The molecule has 20 heavy (non-hydrogen) atoms. The van der Waals surface area contributed by atoms with Gasteiger partial charge >= 0.3 is 0 Å². The second-order valence-electron chi connectivity index (χ2n) is 4.06. The summed E-state index contributed by atoms with van der Waals surface area (Å²) in [4.78, 5) is 28.6. The van der Waals surface area contributed by atoms with E-state index < -0.39 is 0 Å². The predicted octanol–water partition coefficient (Wildman–Crippen LogP) is 1.69. The number of rotatable bonds is 2. The highest BCUT2D eigenvalue weighted by Gasteiger charge is 2.09. The lowest BCUT2D eigenvalue weighted by Crippen LogP contribution is -2.04. The monoisotopic (exact) mass is 286 g/mol. The summed E-state index contributed by atoms with van der Waals surface area (Å²) in [5.41, 5.74) is 6.96. The van der Waals surface area contributed by atoms with Crippen molar-refractivity contribution in [1.82, 2.24) is 19.9 Å². The summed E-state index contributed by atoms with van der Waals surface area (Å²) in [5.74, 6) is 0.823. The fourth-order valence-corrected chi connectivity index (χ4v) is 2.47. The standard InChI is InChI=1S/C12H10N6OS/c1-6(19)16-12-17-8-5-15-10(18-11(8)20-12)7-2-3-9(13)14-4-7/h2-5H,1H3,(H2,13,14)(H,16,17,19). The zero-order valence-corrected chi connectivity index (χ0v) is 11.3. The van der Waals surface area contributed by atoms with Gasteiger partial charge in [-0.1, -0.05) is 11.3 Å². The molecule has 1 amide bonds. The number of carbonyl (C=O) groups excluding carboxylic acids is 1. The summed E-state index contributed by atoms with van der Waals surface area (Å²) in [6, 6.07) is 3.50. The molecule has 3 aromatic heterocycles. The van der Waals surface area contributed by atoms with Crippen molar-refractivity contribution in [3.05, 3.63) is 24.5 Å². The molecule has 3 N–H and O–H groups in total. The van der Waals surface area contributed by atoms with E-state index in [9.17, 15) is 4.79 Å². The van der Waals surface area contributed by atoms with Crippen molar-refractivity contribution >= 4 is 38.5 Å². The lowest BCUT2D eigenvalue weighted by atomic mass is 10.2. The van der Waals surface area contributed by atoms with Gasteiger partial charge in [0.2, 0.25) is 5.91 Å². The van der Waals surface area contributed by atoms with Crippen molar-refractivity contribution < 1.29 is 4.79 Å². The van der Waals surface area contributed by atoms with Crippen molar-refractivity contribution in [2.75, 3.05) is 11.1 Å². The molecule has 0 aliphatic heterocycles. The Morgan fingerprint density at radius 3 is 2.80 bits per heavy atom. The van der Waals surface area contributed by atoms with E-state index in [2.05, 4.69) is 25.3 Å². The molecule has 3 rings (SSSR count). The Morgan fingerprint density at radius 2 is 2.10 bits per heavy atom. The average Bonchev–Trinajstić information content (AvgIpc) is 2.79. The van der Waals surface area contributed by atoms with Crippen LogP contribution >= 0.6 is 11.3 Å². The molecular formula is C12H10N6OS. The van der Waals surface area contributed by atoms with E-state index in [0.717, 1.165) is 5.56 Å². The van der Waals surface area contributed by atoms with E-state index in [0.29, 0.717) is 27.1 Å². The molecule has 0 unspecified atom stereocenters. The van der Waals surface area contributed by atoms with Gasteiger partial charge in [0.1, 0.15) is 16.2 Å². The summed E-state index contributed by atoms with van der Waals surface area (Å²) < 4.78 is 0. The van der Waals surface area contributed by atoms with Crippen LogP contribution < -0.4 is 11.1 Å². The third-order valence-corrected chi connectivity index (χ3v) is 3.36. The quantitative estimate of drug-likeness (QED) is 0.742. The zero-order chi connectivity index (χ0) is 14.1. The summed E-state index contributed by atoms with van der Waals surface area (Å²) >= 11 is 1.30. The Kier molecular flexibility index (Phi) is 2.99. The van der Waals surface area contributed by atoms with E-state index in [4.69, 9.17) is 5.73 Å². The average molecular weight is 286 g/mol. The summed E-state index contributed by atoms with van der Waals surface area (Å²) in [6.07, 6.45) is 3.24. The predicted molar refractivity (Wildman–Crippen MR) is 77.2 cm³/mol. The third-order valence-electron chi connectivity index (χ3n) is 2.48. The minimum absolute atomic E-state index is 0.167. The lowest BCUT2D eigenvalue weighted by molar-refractivity contribution is -0.114. The lowest BCUT2D eigenvalue weighted by Gasteiger charge is -1.99. The summed E-state index contributed by atoms with van der Waals surface area (Å²) in [7, 11) is 0. The molecule has 0 aliphatic carbocycles. The molecule has 0 aromatic carbocycles. The van der Waals surface area contributed by atoms with E-state index in [1.807, 2.05) is 0 Å². The van der Waals surface area contributed by atoms with Gasteiger partial charge in [-0.3, -0.25) is 4.79 Å². The van der Waals surface area contributed by atoms with Crippen LogP contribution in [0.3, 0.4) is 0 Å². The van der Waals surface area contributed by atoms with Crippen LogP contribution in [-0.2, 0) is 4.79 Å². The smallest absolute Gasteiger partial charge is 0.223 e. The summed E-state index contributed by atoms with van der Waals surface area (Å²) in [5, 5.41) is 3.14. The van der Waals surface area contributed by atoms with Crippen molar-refractivity contribution in [3.63, 3.8) is 0 Å². The van der Waals surface area contributed by atoms with E-state index in [-0.39, 0.29) is 5.91 Å². The molecule has 3 heterocycles. The molecule has 100 valence electrons. The van der Waals surface area contributed by atoms with Crippen LogP contribution in [0.1, 0.15) is 6.92 Å². The van der Waals surface area contributed by atoms with Gasteiger partial charge in [0.05, 0.1) is 6.20 Å². The van der Waals surface area contributed by atoms with E-state index in [1.165, 1.54) is 18.3 Å². The number of hydrogen-bond acceptors (Lipinski definition) is 7. The van der Waals surface area contributed by atoms with E-state index >= 15 is 0 Å². The Balaban J connectivity index is 2.01. The van der Waals surface area contributed by atoms with Crippen molar-refractivity contribution in [1.29, 1.82) is 0 Å². The van der Waals surface area contributed by atoms with E-state index in [1.54, 1.807) is 24.5 Å². The second kappa shape index (κ2) is 4.82. The number of aromatic nitrogens is 4. The molecule has 0 atom stereocenters. The number of thiazole rings is 1. The Morgan fingerprint density at radius 1 is 1.25 bits per heavy atom. The highest BCUT2D eigenvalue weighted by atomic mass is 32.1. The first-order valence-electron chi connectivity index (χ1n) is 5.75. The number of hydrogen-bond donors (Lipinski definition) is 2. The molecule has 3 aromatic rings. The fourth-order valence-electron chi connectivity index (χ4n) is 1.62. The maximum atomic E-state index is 11.0. The number of nitrogens with one attached hydrogen (secondary N) is 1. The molecule has 0 fully saturated rings. The van der Waals surface area contributed by atoms with Crippen LogP contribution in [0.15, 0.2) is 24.5 Å². The molecule has 8 heteroatoms. The topological polar surface area (TPSA) is 107 Å². The number of fused-ring (bicyclic) bond motifs is 1. The molecule has 0 spiro atoms. The minimum atomic E-state index is -0.167. The molecule has 0 radical (unpaired) electrons. The normalized spacial score (nSPS) is 10.7. The maximum Gasteiger partial charge on any atom is 0.223 e. The first-order valence-corrected chi connectivity index (χ1v) is 6.56. The molecule has 0 saturated carbocycles. The van der Waals surface area contributed by atoms with Crippen molar-refractivity contribution in [2.45, 2.75) is 6.92 Å². The van der Waals surface area contributed by atoms with Gasteiger partial charge in [-0.25, -0.2) is 19.9 Å². The van der Waals surface area contributed by atoms with Crippen LogP contribution in [0.25, 0.3) is 21.7 Å². The summed E-state index contributed by atoms with van der Waals surface area (Å²) in [6.45, 7) is 1.43. The second-order valence-corrected chi connectivity index (χ2v) is 5.03. The van der Waals surface area contributed by atoms with Crippen LogP contribution in [0.2, 0.25) is 0 Å². The number of nitrogens with zero attached hydrogens (tertiary/aromatic N) is 4. The van der Waals surface area contributed by atoms with Gasteiger partial charge < -0.3 is 11.1 Å². The molecule has 7 nitrogen and oxygen atoms in total. The highest BCUT2D eigenvalue weighted by molar-refractivity contribution is 7.21. The van der Waals surface area contributed by atoms with Crippen molar-refractivity contribution in [3.8, 4) is 11.4 Å². The number of nitrogen functional groups attached to an aromatic ring is 1. The Labute approximate surface area is 117 Å². The molecule has 0 bridgehead atoms. The maximum absolute atomic E-state index is 11.0. The largest absolute Gasteiger partial charge is 0.384 e. The van der Waals surface area contributed by atoms with Crippen LogP contribution in [0.5, 0.6) is 0 Å². The SMILES string of the molecule is CC(=O)Nc1nc2cnc(-c3ccc(N)nc3)nc2s1. The van der Waals surface area contributed by atoms with Gasteiger partial charge in [-0.2, -0.15) is 0 Å². The number of nitrogens with two attached hydrogens (primary N) is 1. The highest BCUT2D eigenvalue weighted by Crippen LogP contribution is 2.25. The zero-order valence-electron chi connectivity index (χ0n) is 10.5.